The van der Waals surface area contributed by atoms with Gasteiger partial charge < -0.3 is 24.5 Å². The van der Waals surface area contributed by atoms with Crippen LogP contribution < -0.4 is 0 Å². The van der Waals surface area contributed by atoms with E-state index in [1.54, 1.807) is 21.7 Å². The molecule has 6 atom stereocenters. The lowest BCUT2D eigenvalue weighted by atomic mass is 9.77. The molecule has 0 bridgehead atoms. The Morgan fingerprint density at radius 1 is 1.12 bits per heavy atom. The zero-order valence-corrected chi connectivity index (χ0v) is 20.5. The van der Waals surface area contributed by atoms with Gasteiger partial charge in [0.25, 0.3) is 0 Å². The highest BCUT2D eigenvalue weighted by Gasteiger charge is 2.72. The smallest absolute Gasteiger partial charge is 0.249 e. The Morgan fingerprint density at radius 2 is 1.82 bits per heavy atom. The Bertz CT molecular complexity index is 891. The summed E-state index contributed by atoms with van der Waals surface area (Å²) in [7, 11) is 1.72. The van der Waals surface area contributed by atoms with Crippen LogP contribution in [0.1, 0.15) is 41.0 Å². The van der Waals surface area contributed by atoms with Crippen LogP contribution in [0.25, 0.3) is 0 Å². The number of carbonyl (C=O) groups is 3. The number of nitrogens with zero attached hydrogens (tertiary/aromatic N) is 3. The van der Waals surface area contributed by atoms with Crippen molar-refractivity contribution in [2.75, 3.05) is 26.7 Å². The molecule has 8 heteroatoms. The maximum absolute atomic E-state index is 14.1. The number of aliphatic hydroxyl groups excluding tert-OH is 1. The van der Waals surface area contributed by atoms with E-state index in [4.69, 9.17) is 4.74 Å². The number of likely N-dealkylation sites (N-methyl/N-ethyl adjacent to an activating group) is 1. The molecule has 0 aromatic carbocycles. The van der Waals surface area contributed by atoms with Crippen molar-refractivity contribution in [1.29, 1.82) is 0 Å². The van der Waals surface area contributed by atoms with Crippen LogP contribution in [0, 0.1) is 17.8 Å². The molecule has 4 aliphatic heterocycles. The first-order chi connectivity index (χ1) is 15.4. The van der Waals surface area contributed by atoms with Crippen molar-refractivity contribution < 1.29 is 24.2 Å². The average molecular weight is 460 g/mol. The Balaban J connectivity index is 1.88. The second-order valence-electron chi connectivity index (χ2n) is 11.2. The molecule has 2 fully saturated rings. The minimum atomic E-state index is -1.24. The molecule has 182 valence electrons. The van der Waals surface area contributed by atoms with Crippen molar-refractivity contribution >= 4 is 17.7 Å². The van der Waals surface area contributed by atoms with Crippen LogP contribution in [-0.4, -0.2) is 93.6 Å². The summed E-state index contributed by atoms with van der Waals surface area (Å²) in [6.45, 7) is 10.5. The zero-order chi connectivity index (χ0) is 24.3. The molecule has 33 heavy (non-hydrogen) atoms. The standard InChI is InChI=1S/C25H37N3O5/c1-15(2)13-16(14-29)28-20-23(32)27(24(3,4)5)12-8-10-25(20)19(22(28)31)18-17(33-25)9-7-11-26(6)21(18)30/h7-10,15-20,29H,11-14H2,1-6H3/t16-,17+,18-,19+,20?,25+/m1/s1. The van der Waals surface area contributed by atoms with Gasteiger partial charge in [-0.1, -0.05) is 38.2 Å². The van der Waals surface area contributed by atoms with Gasteiger partial charge in [-0.25, -0.2) is 0 Å². The van der Waals surface area contributed by atoms with Gasteiger partial charge in [-0.3, -0.25) is 14.4 Å². The summed E-state index contributed by atoms with van der Waals surface area (Å²) in [6, 6.07) is -1.46. The van der Waals surface area contributed by atoms with E-state index < -0.39 is 41.2 Å². The lowest BCUT2D eigenvalue weighted by Gasteiger charge is -2.42. The van der Waals surface area contributed by atoms with Crippen LogP contribution in [0.15, 0.2) is 24.3 Å². The topological polar surface area (TPSA) is 90.4 Å². The molecule has 4 aliphatic rings. The Kier molecular flexibility index (Phi) is 5.98. The highest BCUT2D eigenvalue weighted by atomic mass is 16.5. The van der Waals surface area contributed by atoms with Gasteiger partial charge in [0.05, 0.1) is 30.6 Å². The van der Waals surface area contributed by atoms with Gasteiger partial charge in [0, 0.05) is 25.7 Å². The molecule has 0 aliphatic carbocycles. The van der Waals surface area contributed by atoms with Crippen molar-refractivity contribution in [3.8, 4) is 0 Å². The highest BCUT2D eigenvalue weighted by Crippen LogP contribution is 2.54. The van der Waals surface area contributed by atoms with Gasteiger partial charge in [-0.2, -0.15) is 0 Å². The molecule has 0 aromatic heterocycles. The van der Waals surface area contributed by atoms with Gasteiger partial charge >= 0.3 is 0 Å². The number of rotatable bonds is 4. The van der Waals surface area contributed by atoms with Crippen molar-refractivity contribution in [2.45, 2.75) is 70.4 Å². The fraction of sp³-hybridized carbons (Fsp3) is 0.720. The van der Waals surface area contributed by atoms with Crippen LogP contribution in [0.2, 0.25) is 0 Å². The fourth-order valence-corrected chi connectivity index (χ4v) is 6.02. The van der Waals surface area contributed by atoms with Gasteiger partial charge in [-0.05, 0) is 33.1 Å². The van der Waals surface area contributed by atoms with E-state index in [-0.39, 0.29) is 30.2 Å². The van der Waals surface area contributed by atoms with Crippen molar-refractivity contribution in [1.82, 2.24) is 14.7 Å². The van der Waals surface area contributed by atoms with Crippen molar-refractivity contribution in [2.24, 2.45) is 17.8 Å². The third-order valence-electron chi connectivity index (χ3n) is 7.46. The Labute approximate surface area is 196 Å². The number of fused-ring (bicyclic) bond motifs is 2. The maximum Gasteiger partial charge on any atom is 0.249 e. The van der Waals surface area contributed by atoms with E-state index in [9.17, 15) is 19.5 Å². The van der Waals surface area contributed by atoms with Crippen LogP contribution in [0.5, 0.6) is 0 Å². The number of hydrogen-bond donors (Lipinski definition) is 1. The second kappa shape index (κ2) is 8.24. The van der Waals surface area contributed by atoms with E-state index in [0.717, 1.165) is 0 Å². The molecule has 2 saturated heterocycles. The second-order valence-corrected chi connectivity index (χ2v) is 11.2. The summed E-state index contributed by atoms with van der Waals surface area (Å²) in [5.74, 6) is -1.94. The highest BCUT2D eigenvalue weighted by molar-refractivity contribution is 6.00. The molecule has 1 unspecified atom stereocenters. The molecule has 4 heterocycles. The third-order valence-corrected chi connectivity index (χ3v) is 7.46. The summed E-state index contributed by atoms with van der Waals surface area (Å²) in [6.07, 6.45) is 7.47. The molecule has 0 saturated carbocycles. The fourth-order valence-electron chi connectivity index (χ4n) is 6.02. The van der Waals surface area contributed by atoms with E-state index in [1.165, 1.54) is 0 Å². The number of hydrogen-bond acceptors (Lipinski definition) is 5. The minimum Gasteiger partial charge on any atom is -0.394 e. The molecule has 1 spiro atoms. The quantitative estimate of drug-likeness (QED) is 0.638. The summed E-state index contributed by atoms with van der Waals surface area (Å²) in [5.41, 5.74) is -1.71. The van der Waals surface area contributed by atoms with E-state index in [2.05, 4.69) is 0 Å². The number of carbonyl (C=O) groups excluding carboxylic acids is 3. The first-order valence-electron chi connectivity index (χ1n) is 12.0. The Hall–Kier alpha value is -2.19. The van der Waals surface area contributed by atoms with Gasteiger partial charge in [-0.15, -0.1) is 0 Å². The molecule has 8 nitrogen and oxygen atoms in total. The third kappa shape index (κ3) is 3.62. The number of aliphatic hydroxyl groups is 1. The van der Waals surface area contributed by atoms with Crippen molar-refractivity contribution in [3.63, 3.8) is 0 Å². The molecule has 0 radical (unpaired) electrons. The predicted octanol–water partition coefficient (Wildman–Crippen LogP) is 1.20. The van der Waals surface area contributed by atoms with Gasteiger partial charge in [0.2, 0.25) is 17.7 Å². The summed E-state index contributed by atoms with van der Waals surface area (Å²) in [5, 5.41) is 10.3. The maximum atomic E-state index is 14.1. The lowest BCUT2D eigenvalue weighted by molar-refractivity contribution is -0.154. The number of likely N-dealkylation sites (tertiary alicyclic amines) is 1. The van der Waals surface area contributed by atoms with Crippen LogP contribution in [-0.2, 0) is 19.1 Å². The summed E-state index contributed by atoms with van der Waals surface area (Å²) in [4.78, 5) is 46.5. The normalized spacial score (nSPS) is 35.0. The monoisotopic (exact) mass is 459 g/mol. The van der Waals surface area contributed by atoms with Crippen molar-refractivity contribution in [3.05, 3.63) is 24.3 Å². The average Bonchev–Trinajstić information content (AvgIpc) is 3.04. The molecule has 4 rings (SSSR count). The number of ether oxygens (including phenoxy) is 1. The van der Waals surface area contributed by atoms with Crippen LogP contribution in [0.4, 0.5) is 0 Å². The van der Waals surface area contributed by atoms with Crippen LogP contribution >= 0.6 is 0 Å². The number of amides is 3. The largest absolute Gasteiger partial charge is 0.394 e. The summed E-state index contributed by atoms with van der Waals surface area (Å²) >= 11 is 0. The first-order valence-corrected chi connectivity index (χ1v) is 12.0. The zero-order valence-electron chi connectivity index (χ0n) is 20.5. The van der Waals surface area contributed by atoms with Gasteiger partial charge in [0.1, 0.15) is 11.6 Å². The van der Waals surface area contributed by atoms with Crippen LogP contribution in [0.3, 0.4) is 0 Å². The molecular weight excluding hydrogens is 422 g/mol. The van der Waals surface area contributed by atoms with E-state index in [1.807, 2.05) is 58.9 Å². The SMILES string of the molecule is CC(C)C[C@H](CO)N1C(=O)[C@@H]2[C@@H]3C(=O)N(C)CC=C[C@@H]3O[C@@]23C=CCN(C(C)(C)C)C(=O)C13. The molecule has 3 amide bonds. The van der Waals surface area contributed by atoms with E-state index >= 15 is 0 Å². The minimum absolute atomic E-state index is 0.150. The predicted molar refractivity (Wildman–Crippen MR) is 123 cm³/mol. The van der Waals surface area contributed by atoms with E-state index in [0.29, 0.717) is 19.5 Å². The first kappa shape index (κ1) is 24.0. The molecule has 0 aromatic rings. The molecular formula is C25H37N3O5. The summed E-state index contributed by atoms with van der Waals surface area (Å²) < 4.78 is 6.58. The lowest BCUT2D eigenvalue weighted by Crippen LogP contribution is -2.60. The van der Waals surface area contributed by atoms with Gasteiger partial charge in [0.15, 0.2) is 0 Å². The Morgan fingerprint density at radius 3 is 2.42 bits per heavy atom. The molecule has 1 N–H and O–H groups in total.